The van der Waals surface area contributed by atoms with E-state index in [2.05, 4.69) is 12.2 Å². The van der Waals surface area contributed by atoms with Crippen LogP contribution in [-0.2, 0) is 0 Å². The highest BCUT2D eigenvalue weighted by Gasteiger charge is 1.93. The van der Waals surface area contributed by atoms with Crippen LogP contribution in [0.3, 0.4) is 0 Å². The lowest BCUT2D eigenvalue weighted by Crippen LogP contribution is -2.02. The molecule has 0 aromatic carbocycles. The van der Waals surface area contributed by atoms with E-state index in [-0.39, 0.29) is 6.10 Å². The van der Waals surface area contributed by atoms with Crippen LogP contribution in [0.4, 0.5) is 0 Å². The third-order valence-corrected chi connectivity index (χ3v) is 1.03. The lowest BCUT2D eigenvalue weighted by Gasteiger charge is -1.98. The van der Waals surface area contributed by atoms with Gasteiger partial charge < -0.3 is 5.11 Å². The highest BCUT2D eigenvalue weighted by atomic mass is 32.1. The largest absolute Gasteiger partial charge is 0.393 e. The van der Waals surface area contributed by atoms with Crippen LogP contribution in [-0.4, -0.2) is 16.6 Å². The molecule has 0 saturated heterocycles. The molecule has 0 radical (unpaired) electrons. The van der Waals surface area contributed by atoms with E-state index >= 15 is 0 Å². The van der Waals surface area contributed by atoms with Gasteiger partial charge in [-0.3, -0.25) is 0 Å². The number of hydrogen-bond donors (Lipinski definition) is 1. The van der Waals surface area contributed by atoms with Gasteiger partial charge in [-0.2, -0.15) is 0 Å². The summed E-state index contributed by atoms with van der Waals surface area (Å²) in [4.78, 5) is 0. The van der Waals surface area contributed by atoms with Crippen LogP contribution in [0.1, 0.15) is 19.8 Å². The molecule has 42 valence electrons. The van der Waals surface area contributed by atoms with Gasteiger partial charge >= 0.3 is 0 Å². The summed E-state index contributed by atoms with van der Waals surface area (Å²) in [6.07, 6.45) is 1.23. The summed E-state index contributed by atoms with van der Waals surface area (Å²) in [6, 6.07) is 0. The first-order chi connectivity index (χ1) is 3.31. The SMILES string of the molecule is CCC(O)CC=S. The zero-order valence-corrected chi connectivity index (χ0v) is 5.24. The molecule has 0 spiro atoms. The van der Waals surface area contributed by atoms with E-state index < -0.39 is 0 Å². The zero-order valence-electron chi connectivity index (χ0n) is 4.42. The molecular weight excluding hydrogens is 108 g/mol. The van der Waals surface area contributed by atoms with Crippen molar-refractivity contribution in [1.29, 1.82) is 0 Å². The zero-order chi connectivity index (χ0) is 5.70. The fourth-order valence-corrected chi connectivity index (χ4v) is 0.500. The standard InChI is InChI=1S/C5H10OS/c1-2-5(6)3-4-7/h4-6H,2-3H2,1H3. The lowest BCUT2D eigenvalue weighted by molar-refractivity contribution is 0.180. The summed E-state index contributed by atoms with van der Waals surface area (Å²) in [6.45, 7) is 1.93. The number of rotatable bonds is 3. The van der Waals surface area contributed by atoms with Crippen LogP contribution in [0.2, 0.25) is 0 Å². The molecule has 1 unspecified atom stereocenters. The summed E-state index contributed by atoms with van der Waals surface area (Å²) >= 11 is 4.51. The van der Waals surface area contributed by atoms with E-state index in [1.165, 1.54) is 0 Å². The predicted molar refractivity (Wildman–Crippen MR) is 34.6 cm³/mol. The minimum absolute atomic E-state index is 0.211. The van der Waals surface area contributed by atoms with Crippen LogP contribution in [0.15, 0.2) is 0 Å². The molecule has 0 amide bonds. The molecule has 2 heteroatoms. The van der Waals surface area contributed by atoms with Crippen molar-refractivity contribution in [1.82, 2.24) is 0 Å². The maximum absolute atomic E-state index is 8.76. The Bertz CT molecular complexity index is 54.0. The fraction of sp³-hybridized carbons (Fsp3) is 0.800. The second-order valence-electron chi connectivity index (χ2n) is 1.46. The fourth-order valence-electron chi connectivity index (χ4n) is 0.278. The molecule has 1 N–H and O–H groups in total. The Labute approximate surface area is 49.4 Å². The van der Waals surface area contributed by atoms with Crippen LogP contribution >= 0.6 is 12.2 Å². The minimum Gasteiger partial charge on any atom is -0.393 e. The van der Waals surface area contributed by atoms with Gasteiger partial charge in [0.1, 0.15) is 0 Å². The second-order valence-corrected chi connectivity index (χ2v) is 1.80. The number of aliphatic hydroxyl groups excluding tert-OH is 1. The van der Waals surface area contributed by atoms with Crippen LogP contribution in [0.5, 0.6) is 0 Å². The molecule has 1 atom stereocenters. The summed E-state index contributed by atoms with van der Waals surface area (Å²) < 4.78 is 0. The first-order valence-corrected chi connectivity index (χ1v) is 2.90. The van der Waals surface area contributed by atoms with Gasteiger partial charge in [-0.25, -0.2) is 0 Å². The molecule has 0 aliphatic rings. The van der Waals surface area contributed by atoms with Gasteiger partial charge in [0.25, 0.3) is 0 Å². The first kappa shape index (κ1) is 7.05. The maximum Gasteiger partial charge on any atom is 0.0580 e. The Morgan fingerprint density at radius 2 is 2.43 bits per heavy atom. The van der Waals surface area contributed by atoms with Gasteiger partial charge in [-0.15, -0.1) is 0 Å². The van der Waals surface area contributed by atoms with Crippen molar-refractivity contribution in [2.45, 2.75) is 25.9 Å². The average molecular weight is 118 g/mol. The normalized spacial score (nSPS) is 13.4. The van der Waals surface area contributed by atoms with Crippen LogP contribution in [0.25, 0.3) is 0 Å². The molecule has 7 heavy (non-hydrogen) atoms. The van der Waals surface area contributed by atoms with E-state index in [1.807, 2.05) is 6.92 Å². The Kier molecular flexibility index (Phi) is 4.25. The monoisotopic (exact) mass is 118 g/mol. The summed E-state index contributed by atoms with van der Waals surface area (Å²) in [5.41, 5.74) is 0. The third-order valence-electron chi connectivity index (χ3n) is 0.840. The summed E-state index contributed by atoms with van der Waals surface area (Å²) in [7, 11) is 0. The minimum atomic E-state index is -0.211. The van der Waals surface area contributed by atoms with Crippen molar-refractivity contribution >= 4 is 17.6 Å². The number of aliphatic hydroxyl groups is 1. The van der Waals surface area contributed by atoms with E-state index in [4.69, 9.17) is 5.11 Å². The van der Waals surface area contributed by atoms with Gasteiger partial charge in [0, 0.05) is 6.42 Å². The van der Waals surface area contributed by atoms with Crippen LogP contribution in [0, 0.1) is 0 Å². The van der Waals surface area contributed by atoms with Crippen molar-refractivity contribution in [3.8, 4) is 0 Å². The highest BCUT2D eigenvalue weighted by Crippen LogP contribution is 1.91. The predicted octanol–water partition coefficient (Wildman–Crippen LogP) is 1.15. The van der Waals surface area contributed by atoms with Gasteiger partial charge in [0.05, 0.1) is 6.10 Å². The molecule has 0 aromatic rings. The van der Waals surface area contributed by atoms with E-state index in [1.54, 1.807) is 5.37 Å². The third kappa shape index (κ3) is 3.89. The maximum atomic E-state index is 8.76. The number of hydrogen-bond acceptors (Lipinski definition) is 2. The van der Waals surface area contributed by atoms with Gasteiger partial charge in [-0.1, -0.05) is 19.1 Å². The molecule has 0 aliphatic heterocycles. The van der Waals surface area contributed by atoms with Gasteiger partial charge in [0.2, 0.25) is 0 Å². The Morgan fingerprint density at radius 1 is 1.86 bits per heavy atom. The number of thiocarbonyl (C=S) groups is 1. The summed E-state index contributed by atoms with van der Waals surface area (Å²) in [5, 5.41) is 10.3. The van der Waals surface area contributed by atoms with Crippen molar-refractivity contribution in [2.24, 2.45) is 0 Å². The second kappa shape index (κ2) is 4.22. The molecule has 0 fully saturated rings. The molecule has 0 aliphatic carbocycles. The molecule has 1 nitrogen and oxygen atoms in total. The molecule has 0 bridgehead atoms. The van der Waals surface area contributed by atoms with Crippen molar-refractivity contribution < 1.29 is 5.11 Å². The first-order valence-electron chi connectivity index (χ1n) is 2.43. The Balaban J connectivity index is 2.98. The van der Waals surface area contributed by atoms with Crippen molar-refractivity contribution in [3.05, 3.63) is 0 Å². The molecule has 0 heterocycles. The van der Waals surface area contributed by atoms with E-state index in [9.17, 15) is 0 Å². The van der Waals surface area contributed by atoms with Crippen LogP contribution < -0.4 is 0 Å². The average Bonchev–Trinajstić information content (AvgIpc) is 1.68. The van der Waals surface area contributed by atoms with Crippen molar-refractivity contribution in [2.75, 3.05) is 0 Å². The molecular formula is C5H10OS. The lowest BCUT2D eigenvalue weighted by atomic mass is 10.2. The molecule has 0 rings (SSSR count). The quantitative estimate of drug-likeness (QED) is 0.561. The van der Waals surface area contributed by atoms with Gasteiger partial charge in [0.15, 0.2) is 0 Å². The molecule has 0 aromatic heterocycles. The Morgan fingerprint density at radius 3 is 2.57 bits per heavy atom. The van der Waals surface area contributed by atoms with Crippen molar-refractivity contribution in [3.63, 3.8) is 0 Å². The van der Waals surface area contributed by atoms with Gasteiger partial charge in [-0.05, 0) is 11.8 Å². The van der Waals surface area contributed by atoms with E-state index in [0.29, 0.717) is 6.42 Å². The Hall–Kier alpha value is 0.0500. The smallest absolute Gasteiger partial charge is 0.0580 e. The van der Waals surface area contributed by atoms with E-state index in [0.717, 1.165) is 6.42 Å². The summed E-state index contributed by atoms with van der Waals surface area (Å²) in [5.74, 6) is 0. The molecule has 0 saturated carbocycles. The topological polar surface area (TPSA) is 20.2 Å². The highest BCUT2D eigenvalue weighted by molar-refractivity contribution is 7.78.